The molecule has 3 aromatic heterocycles. The van der Waals surface area contributed by atoms with Crippen LogP contribution in [0.5, 0.6) is 0 Å². The van der Waals surface area contributed by atoms with E-state index < -0.39 is 17.7 Å². The molecule has 9 heteroatoms. The predicted octanol–water partition coefficient (Wildman–Crippen LogP) is 2.98. The van der Waals surface area contributed by atoms with Gasteiger partial charge in [0, 0.05) is 29.7 Å². The van der Waals surface area contributed by atoms with E-state index in [0.29, 0.717) is 11.3 Å². The van der Waals surface area contributed by atoms with Gasteiger partial charge in [-0.15, -0.1) is 0 Å². The summed E-state index contributed by atoms with van der Waals surface area (Å²) in [6.07, 6.45) is 3.02. The van der Waals surface area contributed by atoms with Crippen molar-refractivity contribution in [3.8, 4) is 11.3 Å². The fourth-order valence-electron chi connectivity index (χ4n) is 3.74. The third-order valence-corrected chi connectivity index (χ3v) is 5.29. The van der Waals surface area contributed by atoms with Gasteiger partial charge >= 0.3 is 5.69 Å². The molecule has 1 aliphatic rings. The van der Waals surface area contributed by atoms with Gasteiger partial charge in [-0.2, -0.15) is 5.10 Å². The third-order valence-electron chi connectivity index (χ3n) is 5.29. The minimum Gasteiger partial charge on any atom is -0.313 e. The van der Waals surface area contributed by atoms with E-state index >= 15 is 0 Å². The molecule has 1 aromatic carbocycles. The second-order valence-corrected chi connectivity index (χ2v) is 7.08. The number of imidazole rings is 1. The highest BCUT2D eigenvalue weighted by Gasteiger charge is 2.41. The van der Waals surface area contributed by atoms with Crippen LogP contribution < -0.4 is 11.2 Å². The van der Waals surface area contributed by atoms with Gasteiger partial charge in [-0.05, 0) is 29.9 Å². The van der Waals surface area contributed by atoms with Gasteiger partial charge in [0.25, 0.3) is 12.0 Å². The molecule has 7 nitrogen and oxygen atoms in total. The summed E-state index contributed by atoms with van der Waals surface area (Å²) in [7, 11) is 0. The van der Waals surface area contributed by atoms with Gasteiger partial charge in [0.1, 0.15) is 0 Å². The molecule has 2 atom stereocenters. The Labute approximate surface area is 162 Å². The van der Waals surface area contributed by atoms with Crippen LogP contribution in [0.4, 0.5) is 8.78 Å². The maximum absolute atomic E-state index is 12.8. The number of fused-ring (bicyclic) bond motifs is 1. The van der Waals surface area contributed by atoms with E-state index in [0.717, 1.165) is 17.5 Å². The molecule has 29 heavy (non-hydrogen) atoms. The molecule has 146 valence electrons. The van der Waals surface area contributed by atoms with Crippen LogP contribution in [0.1, 0.15) is 41.4 Å². The topological polar surface area (TPSA) is 95.9 Å². The zero-order chi connectivity index (χ0) is 20.1. The maximum atomic E-state index is 12.8. The van der Waals surface area contributed by atoms with Gasteiger partial charge in [-0.25, -0.2) is 23.1 Å². The van der Waals surface area contributed by atoms with E-state index in [-0.39, 0.29) is 23.0 Å². The summed E-state index contributed by atoms with van der Waals surface area (Å²) < 4.78 is 27.2. The molecule has 1 aliphatic carbocycles. The van der Waals surface area contributed by atoms with Crippen molar-refractivity contribution in [3.05, 3.63) is 86.5 Å². The van der Waals surface area contributed by atoms with Crippen LogP contribution in [-0.2, 0) is 0 Å². The molecule has 0 amide bonds. The van der Waals surface area contributed by atoms with Gasteiger partial charge in [0.15, 0.2) is 5.65 Å². The summed E-state index contributed by atoms with van der Waals surface area (Å²) >= 11 is 0. The third kappa shape index (κ3) is 3.04. The van der Waals surface area contributed by atoms with Gasteiger partial charge in [0.2, 0.25) is 0 Å². The number of alkyl halides is 2. The Hall–Kier alpha value is -3.62. The fraction of sp³-hybridized carbons (Fsp3) is 0.200. The van der Waals surface area contributed by atoms with E-state index in [1.165, 1.54) is 18.3 Å². The molecule has 3 heterocycles. The van der Waals surface area contributed by atoms with Gasteiger partial charge in [-0.1, -0.05) is 24.3 Å². The fourth-order valence-corrected chi connectivity index (χ4v) is 3.74. The lowest BCUT2D eigenvalue weighted by atomic mass is 10.0. The minimum absolute atomic E-state index is 0.00471. The van der Waals surface area contributed by atoms with Crippen LogP contribution in [0.2, 0.25) is 0 Å². The molecule has 0 bridgehead atoms. The highest BCUT2D eigenvalue weighted by molar-refractivity contribution is 5.63. The second kappa shape index (κ2) is 6.47. The van der Waals surface area contributed by atoms with E-state index in [1.807, 2.05) is 6.07 Å². The second-order valence-electron chi connectivity index (χ2n) is 7.08. The Morgan fingerprint density at radius 1 is 1.14 bits per heavy atom. The van der Waals surface area contributed by atoms with E-state index in [9.17, 15) is 18.4 Å². The molecular weight excluding hydrogens is 380 g/mol. The van der Waals surface area contributed by atoms with Crippen molar-refractivity contribution in [1.82, 2.24) is 24.6 Å². The Kier molecular flexibility index (Phi) is 3.90. The average molecular weight is 395 g/mol. The zero-order valence-electron chi connectivity index (χ0n) is 15.0. The summed E-state index contributed by atoms with van der Waals surface area (Å²) in [6, 6.07) is 8.20. The summed E-state index contributed by atoms with van der Waals surface area (Å²) in [4.78, 5) is 32.5. The van der Waals surface area contributed by atoms with Crippen molar-refractivity contribution in [3.63, 3.8) is 0 Å². The van der Waals surface area contributed by atoms with Crippen LogP contribution in [0, 0.1) is 0 Å². The molecule has 1 fully saturated rings. The Bertz CT molecular complexity index is 1320. The first-order valence-corrected chi connectivity index (χ1v) is 9.06. The van der Waals surface area contributed by atoms with Gasteiger partial charge < -0.3 is 4.98 Å². The van der Waals surface area contributed by atoms with Crippen LogP contribution in [0.3, 0.4) is 0 Å². The molecule has 0 aliphatic heterocycles. The number of H-pyrrole nitrogens is 2. The standard InChI is InChI=1S/C20H15F2N5O2/c21-17(22)11-3-1-10(2-4-11)12-7-13(12)14-8-16(26-27-6-5-23-18(14)27)15-9-24-20(29)25-19(15)28/h1-6,8-9,12-13,17H,7H2,(H2,24,25,28,29)/t12-,13+/m1/s1. The van der Waals surface area contributed by atoms with Crippen LogP contribution in [0.15, 0.2) is 58.5 Å². The van der Waals surface area contributed by atoms with Crippen molar-refractivity contribution < 1.29 is 8.78 Å². The SMILES string of the molecule is O=c1[nH]cc(-c2cc([C@H]3C[C@@H]3c3ccc(C(F)F)cc3)c3nccn3n2)c(=O)[nH]1. The number of nitrogens with one attached hydrogen (secondary N) is 2. The summed E-state index contributed by atoms with van der Waals surface area (Å²) in [6.45, 7) is 0. The normalized spacial score (nSPS) is 18.4. The lowest BCUT2D eigenvalue weighted by molar-refractivity contribution is 0.151. The van der Waals surface area contributed by atoms with Crippen molar-refractivity contribution >= 4 is 5.65 Å². The molecule has 5 rings (SSSR count). The highest BCUT2D eigenvalue weighted by atomic mass is 19.3. The quantitative estimate of drug-likeness (QED) is 0.555. The minimum atomic E-state index is -2.48. The number of rotatable bonds is 4. The predicted molar refractivity (Wildman–Crippen MR) is 101 cm³/mol. The number of benzene rings is 1. The molecule has 2 N–H and O–H groups in total. The zero-order valence-corrected chi connectivity index (χ0v) is 15.0. The van der Waals surface area contributed by atoms with Crippen LogP contribution in [0.25, 0.3) is 16.9 Å². The first kappa shape index (κ1) is 17.5. The first-order chi connectivity index (χ1) is 14.0. The summed E-state index contributed by atoms with van der Waals surface area (Å²) in [5.41, 5.74) is 2.16. The van der Waals surface area contributed by atoms with Crippen molar-refractivity contribution in [1.29, 1.82) is 0 Å². The van der Waals surface area contributed by atoms with Gasteiger partial charge in [-0.3, -0.25) is 9.78 Å². The number of nitrogens with zero attached hydrogens (tertiary/aromatic N) is 3. The molecular formula is C20H15F2N5O2. The molecule has 0 radical (unpaired) electrons. The van der Waals surface area contributed by atoms with Crippen LogP contribution >= 0.6 is 0 Å². The monoisotopic (exact) mass is 395 g/mol. The molecule has 0 unspecified atom stereocenters. The Morgan fingerprint density at radius 2 is 1.93 bits per heavy atom. The van der Waals surface area contributed by atoms with Gasteiger partial charge in [0.05, 0.1) is 11.3 Å². The van der Waals surface area contributed by atoms with Crippen molar-refractivity contribution in [2.24, 2.45) is 0 Å². The van der Waals surface area contributed by atoms with Crippen molar-refractivity contribution in [2.75, 3.05) is 0 Å². The summed E-state index contributed by atoms with van der Waals surface area (Å²) in [5, 5.41) is 4.42. The lowest BCUT2D eigenvalue weighted by Gasteiger charge is -2.08. The van der Waals surface area contributed by atoms with Crippen LogP contribution in [-0.4, -0.2) is 24.6 Å². The number of halogens is 2. The average Bonchev–Trinajstić information content (AvgIpc) is 3.36. The number of hydrogen-bond donors (Lipinski definition) is 2. The molecule has 0 saturated heterocycles. The largest absolute Gasteiger partial charge is 0.325 e. The van der Waals surface area contributed by atoms with Crippen molar-refractivity contribution in [2.45, 2.75) is 24.7 Å². The lowest BCUT2D eigenvalue weighted by Crippen LogP contribution is -2.23. The summed E-state index contributed by atoms with van der Waals surface area (Å²) in [5.74, 6) is 0.326. The molecule has 1 saturated carbocycles. The number of hydrogen-bond acceptors (Lipinski definition) is 4. The highest BCUT2D eigenvalue weighted by Crippen LogP contribution is 2.55. The first-order valence-electron chi connectivity index (χ1n) is 9.06. The Balaban J connectivity index is 1.54. The molecule has 4 aromatic rings. The molecule has 0 spiro atoms. The van der Waals surface area contributed by atoms with E-state index in [1.54, 1.807) is 29.0 Å². The van der Waals surface area contributed by atoms with E-state index in [2.05, 4.69) is 20.1 Å². The maximum Gasteiger partial charge on any atom is 0.325 e. The number of aromatic nitrogens is 5. The number of aromatic amines is 2. The Morgan fingerprint density at radius 3 is 2.66 bits per heavy atom. The smallest absolute Gasteiger partial charge is 0.313 e. The van der Waals surface area contributed by atoms with E-state index in [4.69, 9.17) is 0 Å².